The number of nitrogens with zero attached hydrogens (tertiary/aromatic N) is 2. The van der Waals surface area contributed by atoms with Crippen LogP contribution in [0.5, 0.6) is 0 Å². The van der Waals surface area contributed by atoms with Gasteiger partial charge in [-0.3, -0.25) is 0 Å². The molecule has 1 aliphatic rings. The summed E-state index contributed by atoms with van der Waals surface area (Å²) in [5.74, 6) is -1.46. The number of halogens is 2. The Balaban J connectivity index is 2.44. The minimum absolute atomic E-state index is 0.00708. The van der Waals surface area contributed by atoms with Crippen LogP contribution in [0.1, 0.15) is 11.6 Å². The molecule has 2 N–H and O–H groups in total. The van der Waals surface area contributed by atoms with E-state index in [1.54, 1.807) is 0 Å². The first-order chi connectivity index (χ1) is 8.54. The van der Waals surface area contributed by atoms with Crippen LogP contribution in [0.2, 0.25) is 0 Å². The van der Waals surface area contributed by atoms with Gasteiger partial charge in [0.15, 0.2) is 0 Å². The molecule has 1 unspecified atom stereocenters. The number of urea groups is 1. The number of benzene rings is 1. The number of nitrogens with two attached hydrogens (primary N) is 1. The van der Waals surface area contributed by atoms with Gasteiger partial charge >= 0.3 is 6.03 Å². The second-order valence-electron chi connectivity index (χ2n) is 3.83. The molecule has 1 atom stereocenters. The maximum Gasteiger partial charge on any atom is 0.346 e. The van der Waals surface area contributed by atoms with Crippen LogP contribution in [-0.4, -0.2) is 23.3 Å². The van der Waals surface area contributed by atoms with Crippen molar-refractivity contribution in [3.05, 3.63) is 48.1 Å². The predicted octanol–water partition coefficient (Wildman–Crippen LogP) is 1.98. The fourth-order valence-electron chi connectivity index (χ4n) is 1.88. The second-order valence-corrected chi connectivity index (χ2v) is 3.83. The highest BCUT2D eigenvalue weighted by atomic mass is 19.1. The number of carbonyl (C=O) groups excluding carboxylic acids is 1. The summed E-state index contributed by atoms with van der Waals surface area (Å²) in [5.41, 5.74) is 5.74. The zero-order chi connectivity index (χ0) is 13.3. The van der Waals surface area contributed by atoms with Gasteiger partial charge in [-0.15, -0.1) is 6.58 Å². The summed E-state index contributed by atoms with van der Waals surface area (Å²) in [7, 11) is 0. The van der Waals surface area contributed by atoms with Crippen LogP contribution in [0.3, 0.4) is 0 Å². The van der Waals surface area contributed by atoms with E-state index in [1.165, 1.54) is 17.0 Å². The number of carbonyl (C=O) groups is 1. The van der Waals surface area contributed by atoms with Crippen molar-refractivity contribution in [2.24, 2.45) is 10.7 Å². The maximum atomic E-state index is 13.7. The van der Waals surface area contributed by atoms with Crippen molar-refractivity contribution < 1.29 is 13.6 Å². The van der Waals surface area contributed by atoms with Crippen LogP contribution in [0.25, 0.3) is 0 Å². The Kier molecular flexibility index (Phi) is 3.10. The first-order valence-corrected chi connectivity index (χ1v) is 5.25. The summed E-state index contributed by atoms with van der Waals surface area (Å²) in [6.45, 7) is 3.69. The van der Waals surface area contributed by atoms with Crippen LogP contribution < -0.4 is 5.73 Å². The van der Waals surface area contributed by atoms with Crippen LogP contribution >= 0.6 is 0 Å². The van der Waals surface area contributed by atoms with Crippen molar-refractivity contribution in [1.29, 1.82) is 0 Å². The molecule has 0 aromatic heterocycles. The van der Waals surface area contributed by atoms with Gasteiger partial charge in [0.2, 0.25) is 0 Å². The summed E-state index contributed by atoms with van der Waals surface area (Å²) in [6, 6.07) is 1.75. The van der Waals surface area contributed by atoms with E-state index in [4.69, 9.17) is 5.73 Å². The van der Waals surface area contributed by atoms with Gasteiger partial charge in [0.1, 0.15) is 23.5 Å². The third kappa shape index (κ3) is 1.97. The largest absolute Gasteiger partial charge is 0.385 e. The number of hydrogen-bond donors (Lipinski definition) is 1. The molecule has 94 valence electrons. The third-order valence-electron chi connectivity index (χ3n) is 2.65. The molecule has 18 heavy (non-hydrogen) atoms. The SMILES string of the molecule is C=CCN1C(=O)N=C(N)C1c1ccc(F)cc1F. The van der Waals surface area contributed by atoms with Crippen molar-refractivity contribution in [2.75, 3.05) is 6.54 Å². The molecule has 2 rings (SSSR count). The lowest BCUT2D eigenvalue weighted by atomic mass is 10.0. The van der Waals surface area contributed by atoms with E-state index in [0.717, 1.165) is 12.1 Å². The predicted molar refractivity (Wildman–Crippen MR) is 63.0 cm³/mol. The molecular formula is C12H11F2N3O. The fraction of sp³-hybridized carbons (Fsp3) is 0.167. The van der Waals surface area contributed by atoms with E-state index < -0.39 is 23.7 Å². The van der Waals surface area contributed by atoms with Gasteiger partial charge in [-0.05, 0) is 6.07 Å². The minimum atomic E-state index is -0.809. The Hall–Kier alpha value is -2.24. The highest BCUT2D eigenvalue weighted by Crippen LogP contribution is 2.28. The van der Waals surface area contributed by atoms with E-state index >= 15 is 0 Å². The topological polar surface area (TPSA) is 58.7 Å². The first kappa shape index (κ1) is 12.2. The zero-order valence-corrected chi connectivity index (χ0v) is 9.44. The number of amides is 2. The van der Waals surface area contributed by atoms with Crippen molar-refractivity contribution >= 4 is 11.9 Å². The fourth-order valence-corrected chi connectivity index (χ4v) is 1.88. The Morgan fingerprint density at radius 3 is 2.83 bits per heavy atom. The van der Waals surface area contributed by atoms with Crippen LogP contribution in [0.15, 0.2) is 35.8 Å². The van der Waals surface area contributed by atoms with Gasteiger partial charge in [0.05, 0.1) is 0 Å². The lowest BCUT2D eigenvalue weighted by Gasteiger charge is -2.23. The van der Waals surface area contributed by atoms with Crippen molar-refractivity contribution in [2.45, 2.75) is 6.04 Å². The average molecular weight is 251 g/mol. The van der Waals surface area contributed by atoms with E-state index in [9.17, 15) is 13.6 Å². The quantitative estimate of drug-likeness (QED) is 0.835. The summed E-state index contributed by atoms with van der Waals surface area (Å²) >= 11 is 0. The summed E-state index contributed by atoms with van der Waals surface area (Å²) in [4.78, 5) is 16.4. The summed E-state index contributed by atoms with van der Waals surface area (Å²) in [5, 5.41) is 0. The molecule has 4 nitrogen and oxygen atoms in total. The van der Waals surface area contributed by atoms with Crippen molar-refractivity contribution in [1.82, 2.24) is 4.90 Å². The molecule has 0 spiro atoms. The maximum absolute atomic E-state index is 13.7. The van der Waals surface area contributed by atoms with E-state index in [-0.39, 0.29) is 17.9 Å². The molecule has 0 saturated carbocycles. The Labute approximate surface area is 102 Å². The van der Waals surface area contributed by atoms with Crippen molar-refractivity contribution in [3.8, 4) is 0 Å². The van der Waals surface area contributed by atoms with Crippen LogP contribution in [0, 0.1) is 11.6 Å². The smallest absolute Gasteiger partial charge is 0.346 e. The molecule has 0 bridgehead atoms. The van der Waals surface area contributed by atoms with Gasteiger partial charge < -0.3 is 10.6 Å². The number of hydrogen-bond acceptors (Lipinski definition) is 2. The number of aliphatic imine (C=N–C) groups is 1. The normalized spacial score (nSPS) is 19.0. The first-order valence-electron chi connectivity index (χ1n) is 5.25. The molecule has 1 heterocycles. The molecule has 2 amide bonds. The van der Waals surface area contributed by atoms with Crippen molar-refractivity contribution in [3.63, 3.8) is 0 Å². The van der Waals surface area contributed by atoms with Crippen LogP contribution in [0.4, 0.5) is 13.6 Å². The van der Waals surface area contributed by atoms with Gasteiger partial charge in [-0.2, -0.15) is 4.99 Å². The minimum Gasteiger partial charge on any atom is -0.385 e. The van der Waals surface area contributed by atoms with E-state index in [1.807, 2.05) is 0 Å². The standard InChI is InChI=1S/C12H11F2N3O/c1-2-5-17-10(11(15)16-12(17)18)8-4-3-7(13)6-9(8)14/h2-4,6,10H,1,5H2,(H2,15,16,18). The van der Waals surface area contributed by atoms with Gasteiger partial charge in [0.25, 0.3) is 0 Å². The van der Waals surface area contributed by atoms with Crippen LogP contribution in [-0.2, 0) is 0 Å². The molecule has 0 fully saturated rings. The average Bonchev–Trinajstić information content (AvgIpc) is 2.56. The number of amidine groups is 1. The monoisotopic (exact) mass is 251 g/mol. The van der Waals surface area contributed by atoms with Gasteiger partial charge in [-0.1, -0.05) is 12.1 Å². The Morgan fingerprint density at radius 1 is 1.50 bits per heavy atom. The molecular weight excluding hydrogens is 240 g/mol. The second kappa shape index (κ2) is 4.56. The Bertz CT molecular complexity index is 542. The zero-order valence-electron chi connectivity index (χ0n) is 9.44. The van der Waals surface area contributed by atoms with E-state index in [0.29, 0.717) is 0 Å². The molecule has 1 aliphatic heterocycles. The molecule has 1 aromatic carbocycles. The lowest BCUT2D eigenvalue weighted by molar-refractivity contribution is 0.212. The molecule has 0 saturated heterocycles. The van der Waals surface area contributed by atoms with Gasteiger partial charge in [-0.25, -0.2) is 13.6 Å². The third-order valence-corrected chi connectivity index (χ3v) is 2.65. The molecule has 1 aromatic rings. The highest BCUT2D eigenvalue weighted by Gasteiger charge is 2.35. The molecule has 6 heteroatoms. The van der Waals surface area contributed by atoms with Gasteiger partial charge in [0, 0.05) is 18.2 Å². The summed E-state index contributed by atoms with van der Waals surface area (Å²) in [6.07, 6.45) is 1.49. The molecule has 0 radical (unpaired) electrons. The molecule has 0 aliphatic carbocycles. The lowest BCUT2D eigenvalue weighted by Crippen LogP contribution is -2.34. The number of rotatable bonds is 3. The van der Waals surface area contributed by atoms with E-state index in [2.05, 4.69) is 11.6 Å². The Morgan fingerprint density at radius 2 is 2.22 bits per heavy atom. The summed E-state index contributed by atoms with van der Waals surface area (Å²) < 4.78 is 26.6. The highest BCUT2D eigenvalue weighted by molar-refractivity contribution is 6.03.